The van der Waals surface area contributed by atoms with E-state index in [4.69, 9.17) is 11.6 Å². The summed E-state index contributed by atoms with van der Waals surface area (Å²) >= 11 is 7.74. The summed E-state index contributed by atoms with van der Waals surface area (Å²) in [5.41, 5.74) is 4.59. The van der Waals surface area contributed by atoms with Gasteiger partial charge in [-0.1, -0.05) is 29.8 Å². The van der Waals surface area contributed by atoms with Crippen molar-refractivity contribution in [3.8, 4) is 5.00 Å². The highest BCUT2D eigenvalue weighted by Gasteiger charge is 2.34. The summed E-state index contributed by atoms with van der Waals surface area (Å²) < 4.78 is 1.95. The summed E-state index contributed by atoms with van der Waals surface area (Å²) in [6, 6.07) is 8.49. The number of carbonyl (C=O) groups is 3. The van der Waals surface area contributed by atoms with Gasteiger partial charge in [0, 0.05) is 21.3 Å². The van der Waals surface area contributed by atoms with E-state index in [-0.39, 0.29) is 12.2 Å². The van der Waals surface area contributed by atoms with Gasteiger partial charge in [-0.3, -0.25) is 9.69 Å². The molecule has 2 aliphatic rings. The summed E-state index contributed by atoms with van der Waals surface area (Å²) in [5, 5.41) is 13.8. The van der Waals surface area contributed by atoms with Gasteiger partial charge in [-0.05, 0) is 74.4 Å². The molecule has 5 rings (SSSR count). The normalized spacial score (nSPS) is 16.7. The van der Waals surface area contributed by atoms with Gasteiger partial charge in [0.25, 0.3) is 5.91 Å². The lowest BCUT2D eigenvalue weighted by Gasteiger charge is -2.12. The molecule has 9 heteroatoms. The molecule has 2 N–H and O–H groups in total. The van der Waals surface area contributed by atoms with Crippen molar-refractivity contribution < 1.29 is 19.5 Å². The number of nitrogens with zero attached hydrogens (tertiary/aromatic N) is 2. The first kappa shape index (κ1) is 23.4. The summed E-state index contributed by atoms with van der Waals surface area (Å²) in [5.74, 6) is -1.35. The molecule has 2 aromatic heterocycles. The molecule has 0 bridgehead atoms. The number of carbonyl (C=O) groups excluding carboxylic acids is 2. The largest absolute Gasteiger partial charge is 0.478 e. The number of imide groups is 1. The molecular weight excluding hydrogens is 486 g/mol. The lowest BCUT2D eigenvalue weighted by molar-refractivity contribution is -0.123. The lowest BCUT2D eigenvalue weighted by atomic mass is 9.95. The molecule has 0 unspecified atom stereocenters. The Hall–Kier alpha value is -3.36. The smallest absolute Gasteiger partial charge is 0.339 e. The van der Waals surface area contributed by atoms with Crippen LogP contribution in [-0.4, -0.2) is 32.5 Å². The standard InChI is InChI=1S/C26H24ClN3O4S/c1-14-11-17(12-20-23(31)29(26(34)28-20)13-16-7-3-5-9-19(16)27)15(2)30(14)24-22(25(32)33)18-8-4-6-10-21(18)35-24/h3,5,7,9,11-12H,4,6,8,10,13H2,1-2H3,(H,28,34)(H,32,33)/b20-12-. The van der Waals surface area contributed by atoms with E-state index in [0.717, 1.165) is 58.0 Å². The van der Waals surface area contributed by atoms with Crippen LogP contribution in [0.2, 0.25) is 5.02 Å². The number of fused-ring (bicyclic) bond motifs is 1. The number of urea groups is 1. The highest BCUT2D eigenvalue weighted by Crippen LogP contribution is 2.39. The molecule has 1 saturated heterocycles. The van der Waals surface area contributed by atoms with Crippen LogP contribution in [0.1, 0.15) is 56.2 Å². The maximum atomic E-state index is 13.0. The van der Waals surface area contributed by atoms with E-state index in [1.807, 2.05) is 24.5 Å². The summed E-state index contributed by atoms with van der Waals surface area (Å²) in [6.45, 7) is 3.88. The number of rotatable bonds is 5. The average molecular weight is 510 g/mol. The molecule has 180 valence electrons. The van der Waals surface area contributed by atoms with Crippen LogP contribution < -0.4 is 5.32 Å². The molecule has 3 amide bonds. The maximum Gasteiger partial charge on any atom is 0.339 e. The van der Waals surface area contributed by atoms with Gasteiger partial charge in [-0.15, -0.1) is 11.3 Å². The molecule has 1 aliphatic carbocycles. The van der Waals surface area contributed by atoms with Gasteiger partial charge in [0.1, 0.15) is 10.7 Å². The van der Waals surface area contributed by atoms with E-state index in [9.17, 15) is 19.5 Å². The minimum atomic E-state index is -0.916. The Morgan fingerprint density at radius 3 is 2.69 bits per heavy atom. The summed E-state index contributed by atoms with van der Waals surface area (Å²) in [6.07, 6.45) is 5.40. The fourth-order valence-electron chi connectivity index (χ4n) is 4.84. The summed E-state index contributed by atoms with van der Waals surface area (Å²) in [7, 11) is 0. The molecule has 0 atom stereocenters. The van der Waals surface area contributed by atoms with Crippen molar-refractivity contribution in [3.05, 3.63) is 79.6 Å². The van der Waals surface area contributed by atoms with Crippen molar-refractivity contribution in [3.63, 3.8) is 0 Å². The van der Waals surface area contributed by atoms with Crippen LogP contribution in [-0.2, 0) is 24.2 Å². The van der Waals surface area contributed by atoms with Crippen molar-refractivity contribution in [2.24, 2.45) is 0 Å². The van der Waals surface area contributed by atoms with Crippen LogP contribution in [0.15, 0.2) is 36.0 Å². The molecule has 0 radical (unpaired) electrons. The second-order valence-electron chi connectivity index (χ2n) is 8.83. The molecule has 35 heavy (non-hydrogen) atoms. The fourth-order valence-corrected chi connectivity index (χ4v) is 6.53. The first-order chi connectivity index (χ1) is 16.8. The van der Waals surface area contributed by atoms with E-state index in [2.05, 4.69) is 5.32 Å². The number of hydrogen-bond donors (Lipinski definition) is 2. The quantitative estimate of drug-likeness (QED) is 0.352. The number of aromatic carboxylic acids is 1. The van der Waals surface area contributed by atoms with Crippen LogP contribution >= 0.6 is 22.9 Å². The third kappa shape index (κ3) is 4.06. The van der Waals surface area contributed by atoms with Crippen LogP contribution in [0, 0.1) is 13.8 Å². The zero-order valence-electron chi connectivity index (χ0n) is 19.4. The Kier molecular flexibility index (Phi) is 6.02. The van der Waals surface area contributed by atoms with Crippen molar-refractivity contribution >= 4 is 46.9 Å². The third-order valence-electron chi connectivity index (χ3n) is 6.59. The van der Waals surface area contributed by atoms with Gasteiger partial charge in [0.05, 0.1) is 12.1 Å². The second-order valence-corrected chi connectivity index (χ2v) is 10.3. The van der Waals surface area contributed by atoms with Gasteiger partial charge < -0.3 is 15.0 Å². The molecule has 0 spiro atoms. The topological polar surface area (TPSA) is 91.6 Å². The number of amides is 3. The van der Waals surface area contributed by atoms with Gasteiger partial charge in [-0.25, -0.2) is 9.59 Å². The zero-order valence-corrected chi connectivity index (χ0v) is 20.9. The maximum absolute atomic E-state index is 13.0. The number of hydrogen-bond acceptors (Lipinski definition) is 4. The van der Waals surface area contributed by atoms with Gasteiger partial charge in [0.2, 0.25) is 0 Å². The van der Waals surface area contributed by atoms with Gasteiger partial charge in [-0.2, -0.15) is 0 Å². The Bertz CT molecular complexity index is 1420. The van der Waals surface area contributed by atoms with E-state index < -0.39 is 17.9 Å². The van der Waals surface area contributed by atoms with Crippen molar-refractivity contribution in [2.45, 2.75) is 46.1 Å². The van der Waals surface area contributed by atoms with E-state index in [0.29, 0.717) is 21.2 Å². The predicted octanol–water partition coefficient (Wildman–Crippen LogP) is 5.48. The minimum Gasteiger partial charge on any atom is -0.478 e. The molecule has 3 aromatic rings. The van der Waals surface area contributed by atoms with Crippen LogP contribution in [0.25, 0.3) is 11.1 Å². The minimum absolute atomic E-state index is 0.0728. The number of benzene rings is 1. The van der Waals surface area contributed by atoms with Crippen molar-refractivity contribution in [2.75, 3.05) is 0 Å². The van der Waals surface area contributed by atoms with E-state index >= 15 is 0 Å². The highest BCUT2D eigenvalue weighted by atomic mass is 35.5. The fraction of sp³-hybridized carbons (Fsp3) is 0.269. The molecule has 1 fully saturated rings. The predicted molar refractivity (Wildman–Crippen MR) is 135 cm³/mol. The Balaban J connectivity index is 1.50. The molecular formula is C26H24ClN3O4S. The number of thiophene rings is 1. The van der Waals surface area contributed by atoms with Crippen LogP contribution in [0.3, 0.4) is 0 Å². The monoisotopic (exact) mass is 509 g/mol. The van der Waals surface area contributed by atoms with Crippen molar-refractivity contribution in [1.29, 1.82) is 0 Å². The number of carboxylic acid groups (broad SMARTS) is 1. The number of aryl methyl sites for hydroxylation is 2. The SMILES string of the molecule is Cc1cc(/C=C2\NC(=O)N(Cc3ccccc3Cl)C2=O)c(C)n1-c1sc2c(c1C(=O)O)CCCC2. The first-order valence-corrected chi connectivity index (χ1v) is 12.6. The van der Waals surface area contributed by atoms with Gasteiger partial charge >= 0.3 is 12.0 Å². The first-order valence-electron chi connectivity index (χ1n) is 11.4. The lowest BCUT2D eigenvalue weighted by Crippen LogP contribution is -2.30. The summed E-state index contributed by atoms with van der Waals surface area (Å²) in [4.78, 5) is 40.1. The number of carboxylic acids is 1. The van der Waals surface area contributed by atoms with Gasteiger partial charge in [0.15, 0.2) is 0 Å². The van der Waals surface area contributed by atoms with Crippen LogP contribution in [0.5, 0.6) is 0 Å². The molecule has 3 heterocycles. The molecule has 0 saturated carbocycles. The Morgan fingerprint density at radius 2 is 1.94 bits per heavy atom. The van der Waals surface area contributed by atoms with E-state index in [1.54, 1.807) is 30.3 Å². The highest BCUT2D eigenvalue weighted by molar-refractivity contribution is 7.15. The zero-order chi connectivity index (χ0) is 24.9. The molecule has 1 aliphatic heterocycles. The average Bonchev–Trinajstić information content (AvgIpc) is 3.42. The molecule has 1 aromatic carbocycles. The third-order valence-corrected chi connectivity index (χ3v) is 8.23. The Labute approximate surface area is 211 Å². The van der Waals surface area contributed by atoms with Crippen LogP contribution in [0.4, 0.5) is 4.79 Å². The molecule has 7 nitrogen and oxygen atoms in total. The van der Waals surface area contributed by atoms with Crippen molar-refractivity contribution in [1.82, 2.24) is 14.8 Å². The number of halogens is 1. The number of nitrogens with one attached hydrogen (secondary N) is 1. The Morgan fingerprint density at radius 1 is 1.20 bits per heavy atom. The van der Waals surface area contributed by atoms with E-state index in [1.165, 1.54) is 11.3 Å². The second kappa shape index (κ2) is 9.02. The number of aromatic nitrogens is 1.